The van der Waals surface area contributed by atoms with Gasteiger partial charge in [-0.1, -0.05) is 12.1 Å². The summed E-state index contributed by atoms with van der Waals surface area (Å²) in [4.78, 5) is 4.28. The van der Waals surface area contributed by atoms with Crippen LogP contribution in [-0.2, 0) is 6.42 Å². The van der Waals surface area contributed by atoms with Crippen LogP contribution in [0.25, 0.3) is 0 Å². The van der Waals surface area contributed by atoms with Crippen LogP contribution in [0.1, 0.15) is 29.1 Å². The summed E-state index contributed by atoms with van der Waals surface area (Å²) in [7, 11) is 1.72. The van der Waals surface area contributed by atoms with E-state index in [0.717, 1.165) is 18.7 Å². The predicted molar refractivity (Wildman–Crippen MR) is 80.0 cm³/mol. The molecular formula is C15H20N2OS. The molecular weight excluding hydrogens is 256 g/mol. The monoisotopic (exact) mass is 276 g/mol. The molecule has 0 bridgehead atoms. The van der Waals surface area contributed by atoms with Crippen LogP contribution in [-0.4, -0.2) is 18.6 Å². The summed E-state index contributed by atoms with van der Waals surface area (Å²) in [5.74, 6) is 0.953. The second kappa shape index (κ2) is 6.68. The molecule has 0 saturated heterocycles. The highest BCUT2D eigenvalue weighted by Gasteiger charge is 2.10. The second-order valence-corrected chi connectivity index (χ2v) is 5.58. The highest BCUT2D eigenvalue weighted by molar-refractivity contribution is 7.09. The van der Waals surface area contributed by atoms with E-state index in [2.05, 4.69) is 42.3 Å². The molecule has 1 heterocycles. The number of nitrogens with one attached hydrogen (secondary N) is 1. The van der Waals surface area contributed by atoms with Crippen LogP contribution in [0.4, 0.5) is 0 Å². The number of hydrogen-bond donors (Lipinski definition) is 1. The van der Waals surface area contributed by atoms with Gasteiger partial charge in [-0.3, -0.25) is 0 Å². The van der Waals surface area contributed by atoms with Crippen molar-refractivity contribution in [1.29, 1.82) is 0 Å². The molecule has 0 amide bonds. The lowest BCUT2D eigenvalue weighted by Gasteiger charge is -2.17. The van der Waals surface area contributed by atoms with Gasteiger partial charge in [-0.2, -0.15) is 0 Å². The van der Waals surface area contributed by atoms with Crippen molar-refractivity contribution in [2.75, 3.05) is 13.7 Å². The first kappa shape index (κ1) is 14.0. The lowest BCUT2D eigenvalue weighted by Crippen LogP contribution is -2.21. The Labute approximate surface area is 118 Å². The molecule has 0 aliphatic rings. The Hall–Kier alpha value is -1.39. The third-order valence-corrected chi connectivity index (χ3v) is 3.97. The Balaban J connectivity index is 1.94. The molecule has 1 aromatic heterocycles. The average Bonchev–Trinajstić information content (AvgIpc) is 2.91. The van der Waals surface area contributed by atoms with Crippen molar-refractivity contribution >= 4 is 11.3 Å². The van der Waals surface area contributed by atoms with Crippen molar-refractivity contribution in [3.05, 3.63) is 45.9 Å². The number of aryl methyl sites for hydroxylation is 1. The van der Waals surface area contributed by atoms with E-state index in [1.165, 1.54) is 16.1 Å². The Morgan fingerprint density at radius 2 is 2.26 bits per heavy atom. The van der Waals surface area contributed by atoms with E-state index in [-0.39, 0.29) is 6.04 Å². The lowest BCUT2D eigenvalue weighted by molar-refractivity contribution is 0.401. The van der Waals surface area contributed by atoms with Gasteiger partial charge in [-0.05, 0) is 25.5 Å². The Morgan fingerprint density at radius 3 is 2.95 bits per heavy atom. The normalized spacial score (nSPS) is 12.4. The highest BCUT2D eigenvalue weighted by atomic mass is 32.1. The van der Waals surface area contributed by atoms with Gasteiger partial charge < -0.3 is 10.1 Å². The number of methoxy groups -OCH3 is 1. The number of benzene rings is 1. The maximum absolute atomic E-state index is 5.45. The molecule has 1 aromatic carbocycles. The van der Waals surface area contributed by atoms with Crippen LogP contribution in [0.15, 0.2) is 29.8 Å². The number of rotatable bonds is 6. The number of ether oxygens (including phenoxy) is 1. The molecule has 0 saturated carbocycles. The summed E-state index contributed by atoms with van der Waals surface area (Å²) in [5, 5.41) is 6.71. The van der Waals surface area contributed by atoms with Gasteiger partial charge in [-0.15, -0.1) is 11.3 Å². The molecule has 19 heavy (non-hydrogen) atoms. The van der Waals surface area contributed by atoms with Crippen LogP contribution in [0.5, 0.6) is 5.75 Å². The maximum Gasteiger partial charge on any atom is 0.123 e. The van der Waals surface area contributed by atoms with Gasteiger partial charge in [-0.25, -0.2) is 4.98 Å². The fourth-order valence-electron chi connectivity index (χ4n) is 2.06. The molecule has 2 aromatic rings. The van der Waals surface area contributed by atoms with Gasteiger partial charge in [0.1, 0.15) is 5.75 Å². The highest BCUT2D eigenvalue weighted by Crippen LogP contribution is 2.25. The van der Waals surface area contributed by atoms with Crippen LogP contribution in [0.2, 0.25) is 0 Å². The van der Waals surface area contributed by atoms with Crippen molar-refractivity contribution in [2.45, 2.75) is 26.3 Å². The first-order chi connectivity index (χ1) is 9.20. The summed E-state index contributed by atoms with van der Waals surface area (Å²) in [6.45, 7) is 5.16. The van der Waals surface area contributed by atoms with Crippen LogP contribution < -0.4 is 10.1 Å². The SMILES string of the molecule is COc1cc(C)ccc1C(C)NCCc1nccs1. The molecule has 2 rings (SSSR count). The second-order valence-electron chi connectivity index (χ2n) is 4.60. The lowest BCUT2D eigenvalue weighted by atomic mass is 10.0. The predicted octanol–water partition coefficient (Wildman–Crippen LogP) is 3.35. The molecule has 0 spiro atoms. The third-order valence-electron chi connectivity index (χ3n) is 3.13. The fraction of sp³-hybridized carbons (Fsp3) is 0.400. The van der Waals surface area contributed by atoms with Gasteiger partial charge in [0.15, 0.2) is 0 Å². The van der Waals surface area contributed by atoms with Crippen molar-refractivity contribution < 1.29 is 4.74 Å². The van der Waals surface area contributed by atoms with E-state index in [9.17, 15) is 0 Å². The molecule has 0 radical (unpaired) electrons. The fourth-order valence-corrected chi connectivity index (χ4v) is 2.68. The van der Waals surface area contributed by atoms with E-state index < -0.39 is 0 Å². The van der Waals surface area contributed by atoms with Gasteiger partial charge in [0.25, 0.3) is 0 Å². The van der Waals surface area contributed by atoms with Gasteiger partial charge in [0.05, 0.1) is 12.1 Å². The van der Waals surface area contributed by atoms with Crippen molar-refractivity contribution in [3.8, 4) is 5.75 Å². The smallest absolute Gasteiger partial charge is 0.123 e. The van der Waals surface area contributed by atoms with Crippen molar-refractivity contribution in [3.63, 3.8) is 0 Å². The van der Waals surface area contributed by atoms with E-state index in [4.69, 9.17) is 4.74 Å². The van der Waals surface area contributed by atoms with E-state index in [1.54, 1.807) is 18.4 Å². The zero-order valence-electron chi connectivity index (χ0n) is 11.6. The van der Waals surface area contributed by atoms with Gasteiger partial charge in [0.2, 0.25) is 0 Å². The minimum absolute atomic E-state index is 0.274. The van der Waals surface area contributed by atoms with Gasteiger partial charge in [0, 0.05) is 36.1 Å². The zero-order valence-corrected chi connectivity index (χ0v) is 12.5. The van der Waals surface area contributed by atoms with Crippen LogP contribution >= 0.6 is 11.3 Å². The van der Waals surface area contributed by atoms with Gasteiger partial charge >= 0.3 is 0 Å². The Morgan fingerprint density at radius 1 is 1.42 bits per heavy atom. The Kier molecular flexibility index (Phi) is 4.93. The Bertz CT molecular complexity index is 511. The summed E-state index contributed by atoms with van der Waals surface area (Å²) in [5.41, 5.74) is 2.42. The topological polar surface area (TPSA) is 34.1 Å². The van der Waals surface area contributed by atoms with Crippen LogP contribution in [0, 0.1) is 6.92 Å². The summed E-state index contributed by atoms with van der Waals surface area (Å²) >= 11 is 1.70. The standard InChI is InChI=1S/C15H20N2OS/c1-11-4-5-13(14(10-11)18-3)12(2)16-7-6-15-17-8-9-19-15/h4-5,8-10,12,16H,6-7H2,1-3H3. The number of nitrogens with zero attached hydrogens (tertiary/aromatic N) is 1. The summed E-state index contributed by atoms with van der Waals surface area (Å²) in [6.07, 6.45) is 2.82. The molecule has 0 fully saturated rings. The number of thiazole rings is 1. The molecule has 1 unspecified atom stereocenters. The van der Waals surface area contributed by atoms with E-state index in [0.29, 0.717) is 0 Å². The summed E-state index contributed by atoms with van der Waals surface area (Å²) in [6, 6.07) is 6.61. The quantitative estimate of drug-likeness (QED) is 0.878. The first-order valence-corrected chi connectivity index (χ1v) is 7.35. The molecule has 4 heteroatoms. The molecule has 1 atom stereocenters. The minimum Gasteiger partial charge on any atom is -0.496 e. The largest absolute Gasteiger partial charge is 0.496 e. The zero-order chi connectivity index (χ0) is 13.7. The molecule has 102 valence electrons. The molecule has 0 aliphatic heterocycles. The summed E-state index contributed by atoms with van der Waals surface area (Å²) < 4.78 is 5.45. The van der Waals surface area contributed by atoms with E-state index >= 15 is 0 Å². The van der Waals surface area contributed by atoms with Crippen molar-refractivity contribution in [2.24, 2.45) is 0 Å². The minimum atomic E-state index is 0.274. The van der Waals surface area contributed by atoms with E-state index in [1.807, 2.05) is 11.6 Å². The number of hydrogen-bond acceptors (Lipinski definition) is 4. The maximum atomic E-state index is 5.45. The van der Waals surface area contributed by atoms with Crippen LogP contribution in [0.3, 0.4) is 0 Å². The average molecular weight is 276 g/mol. The third kappa shape index (κ3) is 3.78. The molecule has 3 nitrogen and oxygen atoms in total. The first-order valence-electron chi connectivity index (χ1n) is 6.47. The molecule has 1 N–H and O–H groups in total. The number of aromatic nitrogens is 1. The molecule has 0 aliphatic carbocycles. The van der Waals surface area contributed by atoms with Crippen molar-refractivity contribution in [1.82, 2.24) is 10.3 Å².